The Labute approximate surface area is 143 Å². The molecule has 2 heteroatoms. The van der Waals surface area contributed by atoms with Crippen LogP contribution in [0.15, 0.2) is 12.2 Å². The van der Waals surface area contributed by atoms with Crippen LogP contribution in [0.3, 0.4) is 0 Å². The fourth-order valence-corrected chi connectivity index (χ4v) is 2.83. The topological polar surface area (TPSA) is 17.1 Å². The first-order valence-electron chi connectivity index (χ1n) is 9.60. The Balaban J connectivity index is 3.05. The molecule has 0 saturated heterocycles. The van der Waals surface area contributed by atoms with Crippen molar-refractivity contribution in [2.45, 2.75) is 110 Å². The third-order valence-electron chi connectivity index (χ3n) is 4.14. The maximum Gasteiger partial charge on any atom is 0.221 e. The molecule has 0 amide bonds. The smallest absolute Gasteiger partial charge is 0.221 e. The number of carbonyl (C=O) groups is 1. The molecule has 0 atom stereocenters. The Morgan fingerprint density at radius 3 is 1.55 bits per heavy atom. The van der Waals surface area contributed by atoms with Crippen LogP contribution in [0.2, 0.25) is 0 Å². The van der Waals surface area contributed by atoms with Gasteiger partial charge in [-0.3, -0.25) is 4.79 Å². The number of unbranched alkanes of at least 4 members (excludes halogenated alkanes) is 13. The minimum atomic E-state index is -0.214. The van der Waals surface area contributed by atoms with Crippen molar-refractivity contribution in [3.63, 3.8) is 0 Å². The summed E-state index contributed by atoms with van der Waals surface area (Å²) in [5.74, 6) is 0. The van der Waals surface area contributed by atoms with Gasteiger partial charge in [0.15, 0.2) is 0 Å². The van der Waals surface area contributed by atoms with Gasteiger partial charge in [0.05, 0.1) is 0 Å². The molecule has 0 heterocycles. The molecule has 0 N–H and O–H groups in total. The standard InChI is InChI=1S/C20H37ClO/c1-2-3-4-5-6-7-8-9-10-11-12-13-14-15-16-17-18-19-20(21)22/h15-16H,2-14,17-19H2,1H3/b16-15+. The van der Waals surface area contributed by atoms with Crippen LogP contribution in [0.25, 0.3) is 0 Å². The molecule has 0 aliphatic carbocycles. The number of hydrogen-bond donors (Lipinski definition) is 0. The SMILES string of the molecule is CCCCCCCCCCCCCC/C=C/CCCC(=O)Cl. The number of hydrogen-bond acceptors (Lipinski definition) is 1. The Bertz CT molecular complexity index is 260. The normalized spacial score (nSPS) is 11.4. The zero-order valence-corrected chi connectivity index (χ0v) is 15.5. The van der Waals surface area contributed by atoms with Crippen molar-refractivity contribution in [3.8, 4) is 0 Å². The lowest BCUT2D eigenvalue weighted by Gasteiger charge is -2.02. The van der Waals surface area contributed by atoms with E-state index in [9.17, 15) is 4.79 Å². The third kappa shape index (κ3) is 19.7. The molecule has 0 aliphatic rings. The number of halogens is 1. The van der Waals surface area contributed by atoms with E-state index in [1.165, 1.54) is 83.5 Å². The molecule has 0 bridgehead atoms. The van der Waals surface area contributed by atoms with E-state index < -0.39 is 0 Å². The number of allylic oxidation sites excluding steroid dienone is 2. The highest BCUT2D eigenvalue weighted by atomic mass is 35.5. The van der Waals surface area contributed by atoms with E-state index in [1.54, 1.807) is 0 Å². The van der Waals surface area contributed by atoms with E-state index in [-0.39, 0.29) is 5.24 Å². The zero-order chi connectivity index (χ0) is 16.3. The average molecular weight is 329 g/mol. The van der Waals surface area contributed by atoms with E-state index in [1.807, 2.05) is 0 Å². The van der Waals surface area contributed by atoms with Gasteiger partial charge in [-0.2, -0.15) is 0 Å². The van der Waals surface area contributed by atoms with Crippen LogP contribution in [0.5, 0.6) is 0 Å². The summed E-state index contributed by atoms with van der Waals surface area (Å²) in [7, 11) is 0. The van der Waals surface area contributed by atoms with Gasteiger partial charge in [0, 0.05) is 6.42 Å². The summed E-state index contributed by atoms with van der Waals surface area (Å²) in [5, 5.41) is -0.214. The predicted molar refractivity (Wildman–Crippen MR) is 99.5 cm³/mol. The van der Waals surface area contributed by atoms with E-state index in [4.69, 9.17) is 11.6 Å². The van der Waals surface area contributed by atoms with Crippen LogP contribution >= 0.6 is 11.6 Å². The lowest BCUT2D eigenvalue weighted by Crippen LogP contribution is -1.84. The first kappa shape index (κ1) is 21.7. The maximum absolute atomic E-state index is 10.5. The van der Waals surface area contributed by atoms with Crippen molar-refractivity contribution >= 4 is 16.8 Å². The molecule has 0 aromatic heterocycles. The van der Waals surface area contributed by atoms with Crippen molar-refractivity contribution in [1.29, 1.82) is 0 Å². The summed E-state index contributed by atoms with van der Waals surface area (Å²) in [6, 6.07) is 0. The lowest BCUT2D eigenvalue weighted by molar-refractivity contribution is -0.111. The molecule has 22 heavy (non-hydrogen) atoms. The average Bonchev–Trinajstić information content (AvgIpc) is 2.50. The van der Waals surface area contributed by atoms with Gasteiger partial charge < -0.3 is 0 Å². The van der Waals surface area contributed by atoms with Crippen molar-refractivity contribution in [3.05, 3.63) is 12.2 Å². The van der Waals surface area contributed by atoms with Gasteiger partial charge in [0.2, 0.25) is 5.24 Å². The molecule has 0 fully saturated rings. The molecule has 0 aliphatic heterocycles. The predicted octanol–water partition coefficient (Wildman–Crippen LogP) is 7.57. The number of carbonyl (C=O) groups excluding carboxylic acids is 1. The highest BCUT2D eigenvalue weighted by Gasteiger charge is 1.94. The molecule has 130 valence electrons. The largest absolute Gasteiger partial charge is 0.281 e. The van der Waals surface area contributed by atoms with Crippen molar-refractivity contribution in [1.82, 2.24) is 0 Å². The van der Waals surface area contributed by atoms with Crippen LogP contribution in [0.4, 0.5) is 0 Å². The second kappa shape index (κ2) is 18.7. The summed E-state index contributed by atoms with van der Waals surface area (Å²) in [5.41, 5.74) is 0. The van der Waals surface area contributed by atoms with Crippen molar-refractivity contribution in [2.24, 2.45) is 0 Å². The second-order valence-electron chi connectivity index (χ2n) is 6.40. The molecule has 0 spiro atoms. The second-order valence-corrected chi connectivity index (χ2v) is 6.82. The van der Waals surface area contributed by atoms with Crippen molar-refractivity contribution < 1.29 is 4.79 Å². The highest BCUT2D eigenvalue weighted by molar-refractivity contribution is 6.63. The molecule has 1 nitrogen and oxygen atoms in total. The van der Waals surface area contributed by atoms with E-state index >= 15 is 0 Å². The maximum atomic E-state index is 10.5. The van der Waals surface area contributed by atoms with Gasteiger partial charge >= 0.3 is 0 Å². The van der Waals surface area contributed by atoms with Crippen LogP contribution < -0.4 is 0 Å². The van der Waals surface area contributed by atoms with Gasteiger partial charge in [0.1, 0.15) is 0 Å². The Morgan fingerprint density at radius 2 is 1.09 bits per heavy atom. The molecule has 0 rings (SSSR count). The first-order valence-corrected chi connectivity index (χ1v) is 9.98. The van der Waals surface area contributed by atoms with E-state index in [0.717, 1.165) is 12.8 Å². The van der Waals surface area contributed by atoms with Crippen LogP contribution in [-0.4, -0.2) is 5.24 Å². The molecule has 0 saturated carbocycles. The van der Waals surface area contributed by atoms with Gasteiger partial charge in [-0.1, -0.05) is 89.7 Å². The molecule has 0 aromatic rings. The summed E-state index contributed by atoms with van der Waals surface area (Å²) in [6.07, 6.45) is 24.9. The Hall–Kier alpha value is -0.300. The zero-order valence-electron chi connectivity index (χ0n) is 14.8. The number of rotatable bonds is 17. The monoisotopic (exact) mass is 328 g/mol. The minimum absolute atomic E-state index is 0.214. The minimum Gasteiger partial charge on any atom is -0.281 e. The fraction of sp³-hybridized carbons (Fsp3) is 0.850. The van der Waals surface area contributed by atoms with Gasteiger partial charge in [-0.05, 0) is 37.3 Å². The van der Waals surface area contributed by atoms with Gasteiger partial charge in [0.25, 0.3) is 0 Å². The quantitative estimate of drug-likeness (QED) is 0.153. The van der Waals surface area contributed by atoms with Gasteiger partial charge in [-0.25, -0.2) is 0 Å². The summed E-state index contributed by atoms with van der Waals surface area (Å²) < 4.78 is 0. The van der Waals surface area contributed by atoms with Gasteiger partial charge in [-0.15, -0.1) is 0 Å². The van der Waals surface area contributed by atoms with E-state index in [2.05, 4.69) is 19.1 Å². The molecule has 0 aromatic carbocycles. The van der Waals surface area contributed by atoms with Crippen LogP contribution in [0, 0.1) is 0 Å². The Morgan fingerprint density at radius 1 is 0.682 bits per heavy atom. The van der Waals surface area contributed by atoms with Crippen molar-refractivity contribution in [2.75, 3.05) is 0 Å². The molecule has 0 unspecified atom stereocenters. The van der Waals surface area contributed by atoms with Crippen LogP contribution in [0.1, 0.15) is 110 Å². The molecular weight excluding hydrogens is 292 g/mol. The summed E-state index contributed by atoms with van der Waals surface area (Å²) in [6.45, 7) is 2.28. The third-order valence-corrected chi connectivity index (χ3v) is 4.32. The summed E-state index contributed by atoms with van der Waals surface area (Å²) in [4.78, 5) is 10.5. The fourth-order valence-electron chi connectivity index (χ4n) is 2.70. The highest BCUT2D eigenvalue weighted by Crippen LogP contribution is 2.12. The lowest BCUT2D eigenvalue weighted by atomic mass is 10.0. The molecular formula is C20H37ClO. The van der Waals surface area contributed by atoms with E-state index in [0.29, 0.717) is 6.42 Å². The summed E-state index contributed by atoms with van der Waals surface area (Å²) >= 11 is 5.29. The Kier molecular flexibility index (Phi) is 18.5. The molecule has 0 radical (unpaired) electrons. The first-order chi connectivity index (χ1) is 10.8. The van der Waals surface area contributed by atoms with Crippen LogP contribution in [-0.2, 0) is 4.79 Å².